The summed E-state index contributed by atoms with van der Waals surface area (Å²) in [6.07, 6.45) is 2.38. The summed E-state index contributed by atoms with van der Waals surface area (Å²) in [6.45, 7) is 0.329. The van der Waals surface area contributed by atoms with Crippen molar-refractivity contribution in [2.75, 3.05) is 10.0 Å². The summed E-state index contributed by atoms with van der Waals surface area (Å²) in [7, 11) is -5.71. The third-order valence-electron chi connectivity index (χ3n) is 5.33. The highest BCUT2D eigenvalue weighted by Gasteiger charge is 2.46. The number of carboxylic acid groups (broad SMARTS) is 1. The molecule has 0 radical (unpaired) electrons. The molecule has 1 heterocycles. The molecule has 0 aliphatic rings. The van der Waals surface area contributed by atoms with E-state index in [0.717, 1.165) is 23.2 Å². The molecule has 4 rings (SSSR count). The van der Waals surface area contributed by atoms with Crippen LogP contribution in [0.25, 0.3) is 17.1 Å². The van der Waals surface area contributed by atoms with Crippen LogP contribution in [0.15, 0.2) is 78.9 Å². The number of amides is 1. The van der Waals surface area contributed by atoms with Crippen molar-refractivity contribution in [3.8, 4) is 0 Å². The third kappa shape index (κ3) is 5.83. The lowest BCUT2D eigenvalue weighted by Gasteiger charge is -2.14. The molecule has 3 aromatic carbocycles. The van der Waals surface area contributed by atoms with E-state index in [1.807, 2.05) is 22.8 Å². The Morgan fingerprint density at radius 3 is 2.32 bits per heavy atom. The van der Waals surface area contributed by atoms with Crippen LogP contribution in [0.2, 0.25) is 0 Å². The van der Waals surface area contributed by atoms with Gasteiger partial charge in [-0.1, -0.05) is 36.4 Å². The van der Waals surface area contributed by atoms with E-state index in [1.165, 1.54) is 29.0 Å². The van der Waals surface area contributed by atoms with Gasteiger partial charge in [-0.2, -0.15) is 21.6 Å². The van der Waals surface area contributed by atoms with Gasteiger partial charge in [-0.15, -0.1) is 0 Å². The number of rotatable bonds is 8. The van der Waals surface area contributed by atoms with Gasteiger partial charge in [0.25, 0.3) is 5.91 Å². The molecule has 0 fully saturated rings. The van der Waals surface area contributed by atoms with E-state index in [1.54, 1.807) is 30.3 Å². The SMILES string of the molecule is O=C(O)C=Cc1nc2ccccc2n1Cc1ccc(NC(=O)c2ccccc2NS(=O)(=O)C(F)(F)F)cc1. The first-order valence-corrected chi connectivity index (χ1v) is 12.4. The van der Waals surface area contributed by atoms with E-state index < -0.39 is 33.1 Å². The molecule has 0 saturated carbocycles. The standard InChI is InChI=1S/C25H19F3N4O5S/c26-25(27,28)38(36,37)31-19-6-2-1-5-18(19)24(35)29-17-11-9-16(10-12-17)15-32-21-8-4-3-7-20(21)30-22(32)13-14-23(33)34/h1-14,31H,15H2,(H,29,35)(H,33,34). The molecule has 1 aromatic heterocycles. The second kappa shape index (κ2) is 10.4. The summed E-state index contributed by atoms with van der Waals surface area (Å²) >= 11 is 0. The van der Waals surface area contributed by atoms with Gasteiger partial charge in [0.1, 0.15) is 5.82 Å². The highest BCUT2D eigenvalue weighted by atomic mass is 32.2. The number of aliphatic carboxylic acids is 1. The fourth-order valence-corrected chi connectivity index (χ4v) is 4.16. The molecule has 0 unspecified atom stereocenters. The van der Waals surface area contributed by atoms with Crippen molar-refractivity contribution >= 4 is 50.4 Å². The van der Waals surface area contributed by atoms with Gasteiger partial charge in [0.2, 0.25) is 0 Å². The molecular weight excluding hydrogens is 525 g/mol. The number of anilines is 2. The molecular formula is C25H19F3N4O5S. The lowest BCUT2D eigenvalue weighted by Crippen LogP contribution is -2.30. The van der Waals surface area contributed by atoms with Gasteiger partial charge in [-0.3, -0.25) is 9.52 Å². The number of carboxylic acids is 1. The Balaban J connectivity index is 1.54. The molecule has 1 amide bonds. The fourth-order valence-electron chi connectivity index (χ4n) is 3.58. The minimum Gasteiger partial charge on any atom is -0.478 e. The number of imidazole rings is 1. The monoisotopic (exact) mass is 544 g/mol. The Kier molecular flexibility index (Phi) is 7.21. The molecule has 3 N–H and O–H groups in total. The Morgan fingerprint density at radius 1 is 0.974 bits per heavy atom. The maximum absolute atomic E-state index is 12.8. The number of hydrogen-bond acceptors (Lipinski definition) is 5. The largest absolute Gasteiger partial charge is 0.516 e. The van der Waals surface area contributed by atoms with Crippen molar-refractivity contribution in [2.45, 2.75) is 12.1 Å². The van der Waals surface area contributed by atoms with E-state index >= 15 is 0 Å². The molecule has 9 nitrogen and oxygen atoms in total. The number of halogens is 3. The number of alkyl halides is 3. The van der Waals surface area contributed by atoms with Crippen molar-refractivity contribution in [2.24, 2.45) is 0 Å². The zero-order valence-electron chi connectivity index (χ0n) is 19.3. The van der Waals surface area contributed by atoms with Gasteiger partial charge in [0, 0.05) is 18.3 Å². The van der Waals surface area contributed by atoms with E-state index in [2.05, 4.69) is 10.3 Å². The lowest BCUT2D eigenvalue weighted by molar-refractivity contribution is -0.131. The van der Waals surface area contributed by atoms with Crippen LogP contribution in [0.1, 0.15) is 21.7 Å². The number of sulfonamides is 1. The van der Waals surface area contributed by atoms with Crippen LogP contribution in [0, 0.1) is 0 Å². The number of para-hydroxylation sites is 3. The first-order chi connectivity index (χ1) is 17.9. The topological polar surface area (TPSA) is 130 Å². The second-order valence-electron chi connectivity index (χ2n) is 7.96. The highest BCUT2D eigenvalue weighted by molar-refractivity contribution is 7.93. The number of aromatic nitrogens is 2. The van der Waals surface area contributed by atoms with Gasteiger partial charge < -0.3 is 15.0 Å². The number of fused-ring (bicyclic) bond motifs is 1. The smallest absolute Gasteiger partial charge is 0.478 e. The molecule has 38 heavy (non-hydrogen) atoms. The maximum Gasteiger partial charge on any atom is 0.516 e. The van der Waals surface area contributed by atoms with Crippen LogP contribution in [-0.2, 0) is 21.4 Å². The first kappa shape index (κ1) is 26.4. The van der Waals surface area contributed by atoms with Crippen LogP contribution in [0.5, 0.6) is 0 Å². The van der Waals surface area contributed by atoms with Gasteiger partial charge >= 0.3 is 21.5 Å². The summed E-state index contributed by atoms with van der Waals surface area (Å²) in [4.78, 5) is 28.2. The van der Waals surface area contributed by atoms with Gasteiger partial charge in [-0.25, -0.2) is 9.78 Å². The molecule has 0 saturated heterocycles. The Bertz CT molecular complexity index is 1650. The minimum absolute atomic E-state index is 0.302. The maximum atomic E-state index is 12.8. The molecule has 0 spiro atoms. The van der Waals surface area contributed by atoms with E-state index in [0.29, 0.717) is 23.6 Å². The summed E-state index contributed by atoms with van der Waals surface area (Å²) in [6, 6.07) is 18.7. The minimum atomic E-state index is -5.71. The van der Waals surface area contributed by atoms with Gasteiger partial charge in [0.15, 0.2) is 0 Å². The van der Waals surface area contributed by atoms with Crippen LogP contribution in [0.3, 0.4) is 0 Å². The highest BCUT2D eigenvalue weighted by Crippen LogP contribution is 2.27. The molecule has 0 aliphatic carbocycles. The summed E-state index contributed by atoms with van der Waals surface area (Å²) in [5, 5.41) is 11.5. The fraction of sp³-hybridized carbons (Fsp3) is 0.0800. The van der Waals surface area contributed by atoms with Crippen molar-refractivity contribution in [3.05, 3.63) is 95.8 Å². The molecule has 4 aromatic rings. The second-order valence-corrected chi connectivity index (χ2v) is 9.64. The van der Waals surface area contributed by atoms with Crippen molar-refractivity contribution in [3.63, 3.8) is 0 Å². The predicted molar refractivity (Wildman–Crippen MR) is 135 cm³/mol. The van der Waals surface area contributed by atoms with Crippen molar-refractivity contribution in [1.29, 1.82) is 0 Å². The molecule has 13 heteroatoms. The number of benzene rings is 3. The average Bonchev–Trinajstić information content (AvgIpc) is 3.20. The number of nitrogens with zero attached hydrogens (tertiary/aromatic N) is 2. The zero-order valence-corrected chi connectivity index (χ0v) is 20.1. The molecule has 0 bridgehead atoms. The van der Waals surface area contributed by atoms with Crippen molar-refractivity contribution in [1.82, 2.24) is 9.55 Å². The van der Waals surface area contributed by atoms with Crippen LogP contribution < -0.4 is 10.0 Å². The summed E-state index contributed by atoms with van der Waals surface area (Å²) < 4.78 is 64.5. The zero-order chi connectivity index (χ0) is 27.5. The lowest BCUT2D eigenvalue weighted by atomic mass is 10.1. The Hall–Kier alpha value is -4.65. The van der Waals surface area contributed by atoms with E-state index in [4.69, 9.17) is 5.11 Å². The number of nitrogens with one attached hydrogen (secondary N) is 2. The van der Waals surface area contributed by atoms with Crippen LogP contribution in [0.4, 0.5) is 24.5 Å². The summed E-state index contributed by atoms with van der Waals surface area (Å²) in [5.41, 5.74) is -3.80. The average molecular weight is 545 g/mol. The van der Waals surface area contributed by atoms with Crippen LogP contribution >= 0.6 is 0 Å². The first-order valence-electron chi connectivity index (χ1n) is 10.9. The van der Waals surface area contributed by atoms with Gasteiger partial charge in [-0.05, 0) is 48.0 Å². The molecule has 0 atom stereocenters. The van der Waals surface area contributed by atoms with Gasteiger partial charge in [0.05, 0.1) is 22.3 Å². The van der Waals surface area contributed by atoms with E-state index in [9.17, 15) is 31.2 Å². The number of carbonyl (C=O) groups excluding carboxylic acids is 1. The Labute approximate surface area is 214 Å². The normalized spacial score (nSPS) is 12.1. The molecule has 0 aliphatic heterocycles. The quantitative estimate of drug-likeness (QED) is 0.276. The van der Waals surface area contributed by atoms with Crippen molar-refractivity contribution < 1.29 is 36.3 Å². The molecule has 196 valence electrons. The Morgan fingerprint density at radius 2 is 1.63 bits per heavy atom. The number of carbonyl (C=O) groups is 2. The van der Waals surface area contributed by atoms with Crippen LogP contribution in [-0.4, -0.2) is 40.5 Å². The third-order valence-corrected chi connectivity index (χ3v) is 6.43. The summed E-state index contributed by atoms with van der Waals surface area (Å²) in [5.74, 6) is -1.50. The predicted octanol–water partition coefficient (Wildman–Crippen LogP) is 4.70. The number of hydrogen-bond donors (Lipinski definition) is 3. The van der Waals surface area contributed by atoms with E-state index in [-0.39, 0.29) is 5.56 Å².